The number of aliphatic hydroxyl groups is 1. The molecule has 0 aliphatic heterocycles. The van der Waals surface area contributed by atoms with Crippen molar-refractivity contribution in [1.82, 2.24) is 0 Å². The fourth-order valence-electron chi connectivity index (χ4n) is 3.27. The zero-order chi connectivity index (χ0) is 16.7. The molecule has 0 saturated heterocycles. The van der Waals surface area contributed by atoms with E-state index in [-0.39, 0.29) is 17.1 Å². The van der Waals surface area contributed by atoms with Gasteiger partial charge < -0.3 is 14.9 Å². The van der Waals surface area contributed by atoms with E-state index in [2.05, 4.69) is 36.4 Å². The summed E-state index contributed by atoms with van der Waals surface area (Å²) in [6.45, 7) is 10.4. The Morgan fingerprint density at radius 2 is 1.95 bits per heavy atom. The van der Waals surface area contributed by atoms with Gasteiger partial charge in [0.2, 0.25) is 0 Å². The first-order chi connectivity index (χ1) is 10.1. The first-order valence-electron chi connectivity index (χ1n) is 7.55. The molecular formula is C18H25BrO3. The summed E-state index contributed by atoms with van der Waals surface area (Å²) in [6.07, 6.45) is 2.29. The summed E-state index contributed by atoms with van der Waals surface area (Å²) >= 11 is 3.38. The van der Waals surface area contributed by atoms with Crippen molar-refractivity contribution >= 4 is 15.9 Å². The summed E-state index contributed by atoms with van der Waals surface area (Å²) in [7, 11) is 1.61. The predicted octanol–water partition coefficient (Wildman–Crippen LogP) is 4.45. The van der Waals surface area contributed by atoms with E-state index < -0.39 is 5.60 Å². The molecule has 0 spiro atoms. The lowest BCUT2D eigenvalue weighted by molar-refractivity contribution is 0.0127. The number of aromatic hydroxyl groups is 1. The van der Waals surface area contributed by atoms with E-state index in [4.69, 9.17) is 4.74 Å². The fraction of sp³-hybridized carbons (Fsp3) is 0.556. The summed E-state index contributed by atoms with van der Waals surface area (Å²) in [5.41, 5.74) is 0.864. The lowest BCUT2D eigenvalue weighted by Gasteiger charge is -2.47. The van der Waals surface area contributed by atoms with Gasteiger partial charge in [-0.05, 0) is 76.7 Å². The number of ether oxygens (including phenoxy) is 1. The van der Waals surface area contributed by atoms with E-state index in [0.717, 1.165) is 28.5 Å². The highest BCUT2D eigenvalue weighted by atomic mass is 79.9. The Labute approximate surface area is 141 Å². The van der Waals surface area contributed by atoms with Crippen molar-refractivity contribution in [2.24, 2.45) is 11.3 Å². The second-order valence-corrected chi connectivity index (χ2v) is 8.01. The molecule has 0 aromatic heterocycles. The van der Waals surface area contributed by atoms with Gasteiger partial charge >= 0.3 is 0 Å². The number of phenolic OH excluding ortho intramolecular Hbond substituents is 1. The monoisotopic (exact) mass is 368 g/mol. The molecular weight excluding hydrogens is 344 g/mol. The van der Waals surface area contributed by atoms with Gasteiger partial charge in [-0.25, -0.2) is 0 Å². The quantitative estimate of drug-likeness (QED) is 0.774. The van der Waals surface area contributed by atoms with E-state index in [1.807, 2.05) is 13.0 Å². The van der Waals surface area contributed by atoms with Crippen molar-refractivity contribution in [3.8, 4) is 11.5 Å². The summed E-state index contributed by atoms with van der Waals surface area (Å²) in [4.78, 5) is 0. The molecule has 1 aromatic rings. The summed E-state index contributed by atoms with van der Waals surface area (Å²) in [6, 6.07) is 3.51. The van der Waals surface area contributed by atoms with E-state index in [0.29, 0.717) is 12.2 Å². The Bertz CT molecular complexity index is 590. The van der Waals surface area contributed by atoms with Crippen LogP contribution in [0.3, 0.4) is 0 Å². The molecule has 0 amide bonds. The standard InChI is InChI=1S/C18H25BrO3/c1-11-13(17(2,3)6-7-18(11,4)21)8-12-9-16(22-5)14(19)10-15(12)20/h9-10,13,20-21H,1,6-8H2,2-5H3/t13-,18-/m1/s1. The van der Waals surface area contributed by atoms with Crippen LogP contribution < -0.4 is 4.74 Å². The normalized spacial score (nSPS) is 27.7. The number of phenols is 1. The minimum atomic E-state index is -0.838. The first kappa shape index (κ1) is 17.4. The minimum Gasteiger partial charge on any atom is -0.508 e. The van der Waals surface area contributed by atoms with Crippen LogP contribution in [0.1, 0.15) is 39.2 Å². The number of methoxy groups -OCH3 is 1. The predicted molar refractivity (Wildman–Crippen MR) is 92.3 cm³/mol. The molecule has 3 nitrogen and oxygen atoms in total. The number of hydrogen-bond acceptors (Lipinski definition) is 3. The molecule has 1 aliphatic carbocycles. The van der Waals surface area contributed by atoms with Gasteiger partial charge in [0, 0.05) is 0 Å². The maximum atomic E-state index is 10.5. The summed E-state index contributed by atoms with van der Waals surface area (Å²) in [5, 5.41) is 20.8. The fourth-order valence-corrected chi connectivity index (χ4v) is 3.76. The number of hydrogen-bond donors (Lipinski definition) is 2. The van der Waals surface area contributed by atoms with Gasteiger partial charge in [0.1, 0.15) is 11.5 Å². The van der Waals surface area contributed by atoms with Gasteiger partial charge in [-0.15, -0.1) is 0 Å². The average molecular weight is 369 g/mol. The molecule has 22 heavy (non-hydrogen) atoms. The highest BCUT2D eigenvalue weighted by molar-refractivity contribution is 9.10. The molecule has 0 heterocycles. The molecule has 1 aromatic carbocycles. The van der Waals surface area contributed by atoms with Crippen LogP contribution in [-0.4, -0.2) is 22.9 Å². The largest absolute Gasteiger partial charge is 0.508 e. The molecule has 2 atom stereocenters. The molecule has 1 fully saturated rings. The molecule has 4 heteroatoms. The lowest BCUT2D eigenvalue weighted by Crippen LogP contribution is -2.44. The maximum Gasteiger partial charge on any atom is 0.133 e. The van der Waals surface area contributed by atoms with Crippen LogP contribution in [0.4, 0.5) is 0 Å². The molecule has 1 saturated carbocycles. The van der Waals surface area contributed by atoms with Crippen molar-refractivity contribution in [3.05, 3.63) is 34.3 Å². The summed E-state index contributed by atoms with van der Waals surface area (Å²) in [5.74, 6) is 1.04. The molecule has 122 valence electrons. The van der Waals surface area contributed by atoms with E-state index in [9.17, 15) is 10.2 Å². The van der Waals surface area contributed by atoms with Crippen LogP contribution in [0.25, 0.3) is 0 Å². The van der Waals surface area contributed by atoms with E-state index >= 15 is 0 Å². The smallest absolute Gasteiger partial charge is 0.133 e. The topological polar surface area (TPSA) is 49.7 Å². The van der Waals surface area contributed by atoms with Gasteiger partial charge in [0.25, 0.3) is 0 Å². The third-order valence-corrected chi connectivity index (χ3v) is 5.71. The van der Waals surface area contributed by atoms with Crippen LogP contribution in [-0.2, 0) is 6.42 Å². The van der Waals surface area contributed by atoms with Gasteiger partial charge in [-0.2, -0.15) is 0 Å². The van der Waals surface area contributed by atoms with Crippen molar-refractivity contribution < 1.29 is 14.9 Å². The Hall–Kier alpha value is -1.00. The summed E-state index contributed by atoms with van der Waals surface area (Å²) < 4.78 is 6.05. The molecule has 0 bridgehead atoms. The third-order valence-electron chi connectivity index (χ3n) is 5.09. The van der Waals surface area contributed by atoms with Gasteiger partial charge in [0.15, 0.2) is 0 Å². The second-order valence-electron chi connectivity index (χ2n) is 7.16. The van der Waals surface area contributed by atoms with Gasteiger partial charge in [-0.3, -0.25) is 0 Å². The highest BCUT2D eigenvalue weighted by Crippen LogP contribution is 2.49. The third kappa shape index (κ3) is 3.18. The first-order valence-corrected chi connectivity index (χ1v) is 8.35. The molecule has 2 rings (SSSR count). The van der Waals surface area contributed by atoms with Crippen LogP contribution in [0, 0.1) is 11.3 Å². The molecule has 1 aliphatic rings. The Balaban J connectivity index is 2.37. The Morgan fingerprint density at radius 1 is 1.32 bits per heavy atom. The van der Waals surface area contributed by atoms with Crippen molar-refractivity contribution in [1.29, 1.82) is 0 Å². The van der Waals surface area contributed by atoms with Crippen LogP contribution >= 0.6 is 15.9 Å². The van der Waals surface area contributed by atoms with E-state index in [1.54, 1.807) is 13.2 Å². The average Bonchev–Trinajstić information content (AvgIpc) is 2.42. The molecule has 0 unspecified atom stereocenters. The van der Waals surface area contributed by atoms with Crippen LogP contribution in [0.2, 0.25) is 0 Å². The maximum absolute atomic E-state index is 10.5. The zero-order valence-electron chi connectivity index (χ0n) is 13.7. The van der Waals surface area contributed by atoms with Gasteiger partial charge in [0.05, 0.1) is 17.2 Å². The van der Waals surface area contributed by atoms with Crippen molar-refractivity contribution in [2.45, 2.75) is 45.6 Å². The lowest BCUT2D eigenvalue weighted by atomic mass is 9.60. The number of benzene rings is 1. The number of rotatable bonds is 3. The van der Waals surface area contributed by atoms with Crippen LogP contribution in [0.5, 0.6) is 11.5 Å². The molecule has 2 N–H and O–H groups in total. The van der Waals surface area contributed by atoms with Crippen molar-refractivity contribution in [2.75, 3.05) is 7.11 Å². The highest BCUT2D eigenvalue weighted by Gasteiger charge is 2.44. The Kier molecular flexibility index (Phi) is 4.65. The Morgan fingerprint density at radius 3 is 2.55 bits per heavy atom. The molecule has 0 radical (unpaired) electrons. The van der Waals surface area contributed by atoms with Gasteiger partial charge in [-0.1, -0.05) is 20.4 Å². The van der Waals surface area contributed by atoms with E-state index in [1.165, 1.54) is 0 Å². The SMILES string of the molecule is C=C1[C@@H](Cc2cc(OC)c(Br)cc2O)C(C)(C)CC[C@@]1(C)O. The second kappa shape index (κ2) is 5.89. The van der Waals surface area contributed by atoms with Crippen molar-refractivity contribution in [3.63, 3.8) is 0 Å². The number of halogens is 1. The van der Waals surface area contributed by atoms with Crippen LogP contribution in [0.15, 0.2) is 28.8 Å². The minimum absolute atomic E-state index is 0.0338. The zero-order valence-corrected chi connectivity index (χ0v) is 15.3.